The van der Waals surface area contributed by atoms with Gasteiger partial charge in [0, 0.05) is 12.4 Å². The summed E-state index contributed by atoms with van der Waals surface area (Å²) < 4.78 is 0. The first-order valence-corrected chi connectivity index (χ1v) is 7.12. The molecule has 1 unspecified atom stereocenters. The number of aryl methyl sites for hydroxylation is 1. The standard InChI is InChI=1S/C18H24N2/c1-13-10-11-20-12-15(13)17(19-5)14-8-6-7-9-16(14)18(2,3)4/h6-12,17,19H,1-5H3. The van der Waals surface area contributed by atoms with E-state index >= 15 is 0 Å². The summed E-state index contributed by atoms with van der Waals surface area (Å²) in [5.41, 5.74) is 5.35. The van der Waals surface area contributed by atoms with E-state index in [9.17, 15) is 0 Å². The van der Waals surface area contributed by atoms with Crippen molar-refractivity contribution in [3.63, 3.8) is 0 Å². The maximum absolute atomic E-state index is 4.29. The molecule has 1 aromatic carbocycles. The molecular formula is C18H24N2. The molecule has 2 rings (SSSR count). The van der Waals surface area contributed by atoms with Crippen LogP contribution < -0.4 is 5.32 Å². The van der Waals surface area contributed by atoms with E-state index in [2.05, 4.69) is 68.3 Å². The lowest BCUT2D eigenvalue weighted by Gasteiger charge is -2.28. The van der Waals surface area contributed by atoms with Crippen LogP contribution in [0, 0.1) is 6.92 Å². The molecule has 0 fully saturated rings. The first-order chi connectivity index (χ1) is 9.45. The van der Waals surface area contributed by atoms with Gasteiger partial charge in [0.05, 0.1) is 6.04 Å². The largest absolute Gasteiger partial charge is 0.309 e. The van der Waals surface area contributed by atoms with Gasteiger partial charge in [-0.2, -0.15) is 0 Å². The molecule has 1 heterocycles. The van der Waals surface area contributed by atoms with Gasteiger partial charge in [0.1, 0.15) is 0 Å². The molecule has 106 valence electrons. The van der Waals surface area contributed by atoms with Crippen LogP contribution >= 0.6 is 0 Å². The van der Waals surface area contributed by atoms with E-state index in [-0.39, 0.29) is 11.5 Å². The molecule has 0 bridgehead atoms. The summed E-state index contributed by atoms with van der Waals surface area (Å²) in [5.74, 6) is 0. The second-order valence-electron chi connectivity index (χ2n) is 6.29. The number of hydrogen-bond donors (Lipinski definition) is 1. The summed E-state index contributed by atoms with van der Waals surface area (Å²) in [4.78, 5) is 4.29. The molecule has 0 saturated heterocycles. The van der Waals surface area contributed by atoms with Crippen molar-refractivity contribution in [2.24, 2.45) is 0 Å². The van der Waals surface area contributed by atoms with E-state index in [1.54, 1.807) is 0 Å². The van der Waals surface area contributed by atoms with Crippen molar-refractivity contribution in [2.45, 2.75) is 39.2 Å². The zero-order chi connectivity index (χ0) is 14.8. The average molecular weight is 268 g/mol. The third-order valence-electron chi connectivity index (χ3n) is 3.76. The monoisotopic (exact) mass is 268 g/mol. The molecule has 1 N–H and O–H groups in total. The Hall–Kier alpha value is -1.67. The van der Waals surface area contributed by atoms with Crippen molar-refractivity contribution in [3.05, 3.63) is 65.0 Å². The Bertz CT molecular complexity index is 582. The molecule has 2 nitrogen and oxygen atoms in total. The van der Waals surface area contributed by atoms with E-state index in [1.807, 2.05) is 19.4 Å². The van der Waals surface area contributed by atoms with E-state index < -0.39 is 0 Å². The summed E-state index contributed by atoms with van der Waals surface area (Å²) >= 11 is 0. The van der Waals surface area contributed by atoms with Crippen molar-refractivity contribution in [1.29, 1.82) is 0 Å². The molecule has 1 atom stereocenters. The third-order valence-corrected chi connectivity index (χ3v) is 3.76. The number of hydrogen-bond acceptors (Lipinski definition) is 2. The summed E-state index contributed by atoms with van der Waals surface area (Å²) in [6, 6.07) is 10.9. The van der Waals surface area contributed by atoms with Crippen LogP contribution in [-0.4, -0.2) is 12.0 Å². The maximum atomic E-state index is 4.29. The highest BCUT2D eigenvalue weighted by molar-refractivity contribution is 5.42. The van der Waals surface area contributed by atoms with Crippen LogP contribution in [0.2, 0.25) is 0 Å². The summed E-state index contributed by atoms with van der Waals surface area (Å²) in [6.45, 7) is 8.92. The fourth-order valence-electron chi connectivity index (χ4n) is 2.69. The lowest BCUT2D eigenvalue weighted by molar-refractivity contribution is 0.566. The lowest BCUT2D eigenvalue weighted by atomic mass is 9.80. The topological polar surface area (TPSA) is 24.9 Å². The van der Waals surface area contributed by atoms with Crippen LogP contribution in [0.4, 0.5) is 0 Å². The lowest BCUT2D eigenvalue weighted by Crippen LogP contribution is -2.24. The second-order valence-corrected chi connectivity index (χ2v) is 6.29. The van der Waals surface area contributed by atoms with Crippen molar-refractivity contribution >= 4 is 0 Å². The highest BCUT2D eigenvalue weighted by atomic mass is 14.9. The molecule has 0 saturated carbocycles. The molecule has 1 aromatic heterocycles. The van der Waals surface area contributed by atoms with Crippen molar-refractivity contribution in [2.75, 3.05) is 7.05 Å². The Morgan fingerprint density at radius 1 is 1.05 bits per heavy atom. The molecule has 0 amide bonds. The van der Waals surface area contributed by atoms with Crippen LogP contribution in [0.3, 0.4) is 0 Å². The Morgan fingerprint density at radius 3 is 2.35 bits per heavy atom. The number of pyridine rings is 1. The SMILES string of the molecule is CNC(c1cnccc1C)c1ccccc1C(C)(C)C. The van der Waals surface area contributed by atoms with E-state index in [1.165, 1.54) is 22.3 Å². The molecule has 20 heavy (non-hydrogen) atoms. The third kappa shape index (κ3) is 2.91. The minimum Gasteiger partial charge on any atom is -0.309 e. The molecule has 0 aliphatic carbocycles. The first kappa shape index (κ1) is 14.7. The minimum absolute atomic E-state index is 0.127. The Labute approximate surface area is 122 Å². The van der Waals surface area contributed by atoms with Crippen molar-refractivity contribution in [3.8, 4) is 0 Å². The predicted molar refractivity (Wildman–Crippen MR) is 85.0 cm³/mol. The zero-order valence-electron chi connectivity index (χ0n) is 13.1. The number of nitrogens with zero attached hydrogens (tertiary/aromatic N) is 1. The smallest absolute Gasteiger partial charge is 0.0595 e. The van der Waals surface area contributed by atoms with Gasteiger partial charge in [0.15, 0.2) is 0 Å². The zero-order valence-corrected chi connectivity index (χ0v) is 13.1. The Morgan fingerprint density at radius 2 is 1.75 bits per heavy atom. The molecule has 0 aliphatic heterocycles. The van der Waals surface area contributed by atoms with Gasteiger partial charge in [-0.25, -0.2) is 0 Å². The van der Waals surface area contributed by atoms with Crippen LogP contribution in [-0.2, 0) is 5.41 Å². The molecule has 2 heteroatoms. The number of nitrogens with one attached hydrogen (secondary N) is 1. The number of aromatic nitrogens is 1. The maximum Gasteiger partial charge on any atom is 0.0595 e. The van der Waals surface area contributed by atoms with Gasteiger partial charge in [-0.15, -0.1) is 0 Å². The summed E-state index contributed by atoms with van der Waals surface area (Å²) in [5, 5.41) is 3.45. The molecule has 0 aliphatic rings. The van der Waals surface area contributed by atoms with Crippen molar-refractivity contribution in [1.82, 2.24) is 10.3 Å². The van der Waals surface area contributed by atoms with Crippen LogP contribution in [0.15, 0.2) is 42.7 Å². The minimum atomic E-state index is 0.127. The number of benzene rings is 1. The van der Waals surface area contributed by atoms with Crippen LogP contribution in [0.5, 0.6) is 0 Å². The van der Waals surface area contributed by atoms with Gasteiger partial charge >= 0.3 is 0 Å². The van der Waals surface area contributed by atoms with Crippen LogP contribution in [0.1, 0.15) is 49.1 Å². The highest BCUT2D eigenvalue weighted by Gasteiger charge is 2.23. The van der Waals surface area contributed by atoms with E-state index in [4.69, 9.17) is 0 Å². The highest BCUT2D eigenvalue weighted by Crippen LogP contribution is 2.33. The Balaban J connectivity index is 2.57. The second kappa shape index (κ2) is 5.76. The molecular weight excluding hydrogens is 244 g/mol. The van der Waals surface area contributed by atoms with E-state index in [0.29, 0.717) is 0 Å². The van der Waals surface area contributed by atoms with Gasteiger partial charge in [-0.05, 0) is 47.7 Å². The van der Waals surface area contributed by atoms with Gasteiger partial charge < -0.3 is 5.32 Å². The predicted octanol–water partition coefficient (Wildman–Crippen LogP) is 4.00. The normalized spacial score (nSPS) is 13.2. The van der Waals surface area contributed by atoms with Gasteiger partial charge in [-0.1, -0.05) is 45.0 Å². The Kier molecular flexibility index (Phi) is 4.24. The van der Waals surface area contributed by atoms with E-state index in [0.717, 1.165) is 0 Å². The fourth-order valence-corrected chi connectivity index (χ4v) is 2.69. The average Bonchev–Trinajstić information content (AvgIpc) is 2.41. The molecule has 2 aromatic rings. The van der Waals surface area contributed by atoms with Gasteiger partial charge in [-0.3, -0.25) is 4.98 Å². The number of rotatable bonds is 3. The van der Waals surface area contributed by atoms with Crippen LogP contribution in [0.25, 0.3) is 0 Å². The summed E-state index contributed by atoms with van der Waals surface area (Å²) in [7, 11) is 2.01. The molecule has 0 radical (unpaired) electrons. The first-order valence-electron chi connectivity index (χ1n) is 7.12. The van der Waals surface area contributed by atoms with Gasteiger partial charge in [0.25, 0.3) is 0 Å². The summed E-state index contributed by atoms with van der Waals surface area (Å²) in [6.07, 6.45) is 3.82. The van der Waals surface area contributed by atoms with Gasteiger partial charge in [0.2, 0.25) is 0 Å². The van der Waals surface area contributed by atoms with Crippen molar-refractivity contribution < 1.29 is 0 Å². The molecule has 0 spiro atoms. The fraction of sp³-hybridized carbons (Fsp3) is 0.389. The quantitative estimate of drug-likeness (QED) is 0.910.